The lowest BCUT2D eigenvalue weighted by molar-refractivity contribution is -0.119. The van der Waals surface area contributed by atoms with Gasteiger partial charge in [-0.15, -0.1) is 10.2 Å². The van der Waals surface area contributed by atoms with Gasteiger partial charge in [-0.05, 0) is 43.9 Å². The van der Waals surface area contributed by atoms with Crippen LogP contribution in [0, 0.1) is 5.41 Å². The SMILES string of the molecule is COCCn1c(-c2n[nH]c3c2CCCC3)nnc1N1CCC2(CC1)CNC(=O)C2. The fourth-order valence-electron chi connectivity index (χ4n) is 5.04. The van der Waals surface area contributed by atoms with Gasteiger partial charge >= 0.3 is 0 Å². The largest absolute Gasteiger partial charge is 0.383 e. The Morgan fingerprint density at radius 2 is 2.00 bits per heavy atom. The molecule has 0 atom stereocenters. The molecule has 0 unspecified atom stereocenters. The number of anilines is 1. The first kappa shape index (κ1) is 18.6. The van der Waals surface area contributed by atoms with Crippen molar-refractivity contribution < 1.29 is 9.53 Å². The van der Waals surface area contributed by atoms with Gasteiger partial charge in [0.05, 0.1) is 13.2 Å². The van der Waals surface area contributed by atoms with Gasteiger partial charge in [0.2, 0.25) is 11.9 Å². The first-order valence-electron chi connectivity index (χ1n) is 10.7. The van der Waals surface area contributed by atoms with Crippen LogP contribution in [0.1, 0.15) is 43.4 Å². The first-order chi connectivity index (χ1) is 14.2. The van der Waals surface area contributed by atoms with Crippen molar-refractivity contribution >= 4 is 11.9 Å². The lowest BCUT2D eigenvalue weighted by Crippen LogP contribution is -2.42. The van der Waals surface area contributed by atoms with Gasteiger partial charge in [-0.1, -0.05) is 0 Å². The van der Waals surface area contributed by atoms with E-state index >= 15 is 0 Å². The number of hydrogen-bond donors (Lipinski definition) is 2. The number of aryl methyl sites for hydroxylation is 1. The van der Waals surface area contributed by atoms with Crippen LogP contribution in [0.25, 0.3) is 11.5 Å². The lowest BCUT2D eigenvalue weighted by atomic mass is 9.78. The van der Waals surface area contributed by atoms with Crippen LogP contribution in [-0.2, 0) is 28.9 Å². The minimum Gasteiger partial charge on any atom is -0.383 e. The quantitative estimate of drug-likeness (QED) is 0.786. The van der Waals surface area contributed by atoms with E-state index in [-0.39, 0.29) is 11.3 Å². The van der Waals surface area contributed by atoms with Crippen LogP contribution in [0.4, 0.5) is 5.95 Å². The van der Waals surface area contributed by atoms with Crippen molar-refractivity contribution in [1.82, 2.24) is 30.3 Å². The predicted molar refractivity (Wildman–Crippen MR) is 108 cm³/mol. The Hall–Kier alpha value is -2.42. The molecule has 2 saturated heterocycles. The van der Waals surface area contributed by atoms with Crippen molar-refractivity contribution in [3.8, 4) is 11.5 Å². The smallest absolute Gasteiger partial charge is 0.227 e. The van der Waals surface area contributed by atoms with Crippen LogP contribution in [-0.4, -0.2) is 64.2 Å². The Morgan fingerprint density at radius 1 is 1.17 bits per heavy atom. The topological polar surface area (TPSA) is 101 Å². The molecule has 5 rings (SSSR count). The summed E-state index contributed by atoms with van der Waals surface area (Å²) in [5.41, 5.74) is 3.60. The number of fused-ring (bicyclic) bond motifs is 1. The summed E-state index contributed by atoms with van der Waals surface area (Å²) < 4.78 is 7.52. The van der Waals surface area contributed by atoms with E-state index in [1.165, 1.54) is 24.1 Å². The fraction of sp³-hybridized carbons (Fsp3) is 0.700. The Balaban J connectivity index is 1.42. The first-order valence-corrected chi connectivity index (χ1v) is 10.7. The fourth-order valence-corrected chi connectivity index (χ4v) is 5.04. The summed E-state index contributed by atoms with van der Waals surface area (Å²) >= 11 is 0. The number of aromatic amines is 1. The molecular weight excluding hydrogens is 370 g/mol. The number of rotatable bonds is 5. The van der Waals surface area contributed by atoms with Crippen molar-refractivity contribution in [2.75, 3.05) is 38.3 Å². The van der Waals surface area contributed by atoms with Gasteiger partial charge in [0.15, 0.2) is 5.82 Å². The van der Waals surface area contributed by atoms with Crippen LogP contribution in [0.2, 0.25) is 0 Å². The highest BCUT2D eigenvalue weighted by Gasteiger charge is 2.41. The highest BCUT2D eigenvalue weighted by atomic mass is 16.5. The molecule has 9 nitrogen and oxygen atoms in total. The molecule has 4 heterocycles. The zero-order valence-electron chi connectivity index (χ0n) is 17.0. The van der Waals surface area contributed by atoms with Crippen molar-refractivity contribution in [2.24, 2.45) is 5.41 Å². The Bertz CT molecular complexity index is 895. The molecule has 1 spiro atoms. The third-order valence-electron chi connectivity index (χ3n) is 6.82. The summed E-state index contributed by atoms with van der Waals surface area (Å²) in [6, 6.07) is 0. The molecular formula is C20H29N7O2. The van der Waals surface area contributed by atoms with E-state index in [4.69, 9.17) is 4.74 Å². The maximum absolute atomic E-state index is 11.7. The standard InChI is InChI=1S/C20H29N7O2/c1-29-11-10-27-18(17-14-4-2-3-5-15(14)22-23-17)24-25-19(27)26-8-6-20(7-9-26)12-16(28)21-13-20/h2-13H2,1H3,(H,21,28)(H,22,23). The van der Waals surface area contributed by atoms with Crippen LogP contribution < -0.4 is 10.2 Å². The molecule has 2 aromatic rings. The molecule has 2 N–H and O–H groups in total. The number of carbonyl (C=O) groups excluding carboxylic acids is 1. The molecule has 2 aliphatic heterocycles. The van der Waals surface area contributed by atoms with E-state index in [0.29, 0.717) is 19.6 Å². The van der Waals surface area contributed by atoms with E-state index in [0.717, 1.165) is 62.8 Å². The summed E-state index contributed by atoms with van der Waals surface area (Å²) in [5, 5.41) is 20.0. The van der Waals surface area contributed by atoms with Gasteiger partial charge < -0.3 is 15.0 Å². The lowest BCUT2D eigenvalue weighted by Gasteiger charge is -2.38. The van der Waals surface area contributed by atoms with Crippen molar-refractivity contribution in [3.63, 3.8) is 0 Å². The van der Waals surface area contributed by atoms with E-state index in [9.17, 15) is 4.79 Å². The second-order valence-corrected chi connectivity index (χ2v) is 8.65. The summed E-state index contributed by atoms with van der Waals surface area (Å²) in [6.07, 6.45) is 7.15. The summed E-state index contributed by atoms with van der Waals surface area (Å²) in [6.45, 7) is 3.87. The van der Waals surface area contributed by atoms with Crippen LogP contribution in [0.5, 0.6) is 0 Å². The molecule has 29 heavy (non-hydrogen) atoms. The second kappa shape index (κ2) is 7.44. The van der Waals surface area contributed by atoms with E-state index in [1.807, 2.05) is 0 Å². The van der Waals surface area contributed by atoms with Crippen molar-refractivity contribution in [3.05, 3.63) is 11.3 Å². The van der Waals surface area contributed by atoms with Gasteiger partial charge in [0.1, 0.15) is 5.69 Å². The normalized spacial score (nSPS) is 20.9. The number of nitrogens with one attached hydrogen (secondary N) is 2. The Morgan fingerprint density at radius 3 is 2.76 bits per heavy atom. The minimum atomic E-state index is 0.120. The maximum atomic E-state index is 11.7. The number of aromatic nitrogens is 5. The molecule has 2 aromatic heterocycles. The number of amides is 1. The zero-order valence-corrected chi connectivity index (χ0v) is 17.0. The number of piperidine rings is 1. The summed E-state index contributed by atoms with van der Waals surface area (Å²) in [5.74, 6) is 1.90. The molecule has 2 fully saturated rings. The number of hydrogen-bond acceptors (Lipinski definition) is 6. The van der Waals surface area contributed by atoms with Crippen LogP contribution >= 0.6 is 0 Å². The average Bonchev–Trinajstić information content (AvgIpc) is 3.44. The maximum Gasteiger partial charge on any atom is 0.227 e. The summed E-state index contributed by atoms with van der Waals surface area (Å²) in [4.78, 5) is 14.0. The molecule has 156 valence electrons. The zero-order chi connectivity index (χ0) is 19.8. The molecule has 0 bridgehead atoms. The highest BCUT2D eigenvalue weighted by molar-refractivity contribution is 5.79. The van der Waals surface area contributed by atoms with E-state index in [1.54, 1.807) is 7.11 Å². The molecule has 0 aromatic carbocycles. The third-order valence-corrected chi connectivity index (χ3v) is 6.82. The predicted octanol–water partition coefficient (Wildman–Crippen LogP) is 1.30. The summed E-state index contributed by atoms with van der Waals surface area (Å²) in [7, 11) is 1.72. The molecule has 1 aliphatic carbocycles. The van der Waals surface area contributed by atoms with Crippen LogP contribution in [0.3, 0.4) is 0 Å². The number of carbonyl (C=O) groups is 1. The second-order valence-electron chi connectivity index (χ2n) is 8.65. The van der Waals surface area contributed by atoms with Crippen molar-refractivity contribution in [1.29, 1.82) is 0 Å². The molecule has 9 heteroatoms. The molecule has 0 saturated carbocycles. The van der Waals surface area contributed by atoms with Gasteiger partial charge in [0.25, 0.3) is 0 Å². The average molecular weight is 399 g/mol. The van der Waals surface area contributed by atoms with Crippen molar-refractivity contribution in [2.45, 2.75) is 51.5 Å². The molecule has 3 aliphatic rings. The number of methoxy groups -OCH3 is 1. The highest BCUT2D eigenvalue weighted by Crippen LogP contribution is 2.39. The van der Waals surface area contributed by atoms with E-state index < -0.39 is 0 Å². The van der Waals surface area contributed by atoms with Gasteiger partial charge in [-0.25, -0.2) is 0 Å². The van der Waals surface area contributed by atoms with Gasteiger partial charge in [-0.3, -0.25) is 14.5 Å². The molecule has 1 amide bonds. The molecule has 0 radical (unpaired) electrons. The Labute approximate surface area is 170 Å². The number of H-pyrrole nitrogens is 1. The van der Waals surface area contributed by atoms with Gasteiger partial charge in [-0.2, -0.15) is 5.10 Å². The van der Waals surface area contributed by atoms with Gasteiger partial charge in [0, 0.05) is 44.4 Å². The number of nitrogens with zero attached hydrogens (tertiary/aromatic N) is 5. The minimum absolute atomic E-state index is 0.120. The monoisotopic (exact) mass is 399 g/mol. The Kier molecular flexibility index (Phi) is 4.77. The third kappa shape index (κ3) is 3.31. The number of ether oxygens (including phenoxy) is 1. The van der Waals surface area contributed by atoms with Crippen LogP contribution in [0.15, 0.2) is 0 Å². The van der Waals surface area contributed by atoms with E-state index in [2.05, 4.69) is 35.2 Å².